The van der Waals surface area contributed by atoms with E-state index < -0.39 is 0 Å². The average Bonchev–Trinajstić information content (AvgIpc) is 3.03. The molecule has 0 bridgehead atoms. The van der Waals surface area contributed by atoms with Crippen molar-refractivity contribution in [2.75, 3.05) is 23.3 Å². The quantitative estimate of drug-likeness (QED) is 0.221. The molecule has 0 N–H and O–H groups in total. The molecule has 2 aliphatic rings. The van der Waals surface area contributed by atoms with E-state index in [1.807, 2.05) is 12.1 Å². The Bertz CT molecular complexity index is 1220. The van der Waals surface area contributed by atoms with E-state index in [-0.39, 0.29) is 0 Å². The Morgan fingerprint density at radius 1 is 0.571 bits per heavy atom. The first kappa shape index (κ1) is 33.6. The van der Waals surface area contributed by atoms with Gasteiger partial charge in [0, 0.05) is 35.6 Å². The maximum absolute atomic E-state index is 5.85. The molecule has 0 aromatic heterocycles. The minimum absolute atomic E-state index is 0.627. The van der Waals surface area contributed by atoms with Crippen LogP contribution in [0.2, 0.25) is 22.1 Å². The number of hydrogen-bond donors (Lipinski definition) is 0. The van der Waals surface area contributed by atoms with E-state index in [9.17, 15) is 0 Å². The van der Waals surface area contributed by atoms with Gasteiger partial charge >= 0.3 is 66.4 Å². The number of aryl methyl sites for hydroxylation is 2. The van der Waals surface area contributed by atoms with Crippen molar-refractivity contribution >= 4 is 41.8 Å². The first-order valence-corrected chi connectivity index (χ1v) is 19.0. The predicted octanol–water partition coefficient (Wildman–Crippen LogP) is 9.06. The van der Waals surface area contributed by atoms with E-state index >= 15 is 0 Å². The number of fused-ring (bicyclic) bond motifs is 2. The molecule has 0 radical (unpaired) electrons. The molecule has 6 heteroatoms. The second-order valence-electron chi connectivity index (χ2n) is 10.4. The Morgan fingerprint density at radius 3 is 1.29 bits per heavy atom. The van der Waals surface area contributed by atoms with Crippen molar-refractivity contribution in [3.63, 3.8) is 0 Å². The molecule has 0 saturated carbocycles. The van der Waals surface area contributed by atoms with Gasteiger partial charge in [0.15, 0.2) is 13.5 Å². The van der Waals surface area contributed by atoms with E-state index in [4.69, 9.17) is 9.47 Å². The van der Waals surface area contributed by atoms with Crippen molar-refractivity contribution in [1.82, 2.24) is 0 Å². The summed E-state index contributed by atoms with van der Waals surface area (Å²) in [5.74, 6) is 6.53. The topological polar surface area (TPSA) is 24.9 Å². The fraction of sp³-hybridized carbons (Fsp3) is 0.333. The van der Waals surface area contributed by atoms with Gasteiger partial charge in [0.2, 0.25) is 0 Å². The van der Waals surface area contributed by atoms with Crippen molar-refractivity contribution in [1.29, 1.82) is 0 Å². The fourth-order valence-corrected chi connectivity index (χ4v) is 5.35. The Morgan fingerprint density at radius 2 is 0.952 bits per heavy atom. The van der Waals surface area contributed by atoms with Gasteiger partial charge in [-0.2, -0.15) is 0 Å². The van der Waals surface area contributed by atoms with Crippen LogP contribution in [-0.4, -0.2) is 43.9 Å². The average molecular weight is 593 g/mol. The van der Waals surface area contributed by atoms with Crippen LogP contribution in [0, 0.1) is 13.8 Å². The van der Waals surface area contributed by atoms with Crippen LogP contribution < -0.4 is 19.3 Å². The Hall–Kier alpha value is -2.86. The van der Waals surface area contributed by atoms with Gasteiger partial charge in [-0.05, 0) is 49.2 Å². The fourth-order valence-electron chi connectivity index (χ4n) is 4.77. The zero-order valence-corrected chi connectivity index (χ0v) is 28.7. The molecule has 4 nitrogen and oxygen atoms in total. The normalized spacial score (nSPS) is 12.4. The van der Waals surface area contributed by atoms with Gasteiger partial charge in [0.25, 0.3) is 0 Å². The van der Waals surface area contributed by atoms with Gasteiger partial charge < -0.3 is 19.3 Å². The molecule has 0 fully saturated rings. The van der Waals surface area contributed by atoms with Crippen molar-refractivity contribution in [3.05, 3.63) is 119 Å². The van der Waals surface area contributed by atoms with Gasteiger partial charge in [-0.25, -0.2) is 0 Å². The monoisotopic (exact) mass is 592 g/mol. The molecule has 0 unspecified atom stereocenters. The second-order valence-corrected chi connectivity index (χ2v) is 13.8. The summed E-state index contributed by atoms with van der Waals surface area (Å²) in [5, 5.41) is 2.85. The van der Waals surface area contributed by atoms with Crippen LogP contribution in [0.4, 0.5) is 11.4 Å². The van der Waals surface area contributed by atoms with Crippen LogP contribution in [0.3, 0.4) is 0 Å². The van der Waals surface area contributed by atoms with Crippen LogP contribution in [0.25, 0.3) is 0 Å². The molecule has 0 amide bonds. The van der Waals surface area contributed by atoms with E-state index in [0.717, 1.165) is 55.0 Å². The molecular formula is C36H46Al2N2O2+2. The summed E-state index contributed by atoms with van der Waals surface area (Å²) in [7, 11) is 0. The number of rotatable bonds is 4. The first-order valence-electron chi connectivity index (χ1n) is 15.1. The van der Waals surface area contributed by atoms with Crippen LogP contribution >= 0.6 is 0 Å². The molecule has 0 saturated heterocycles. The molecule has 0 spiro atoms. The summed E-state index contributed by atoms with van der Waals surface area (Å²) < 4.78 is 11.7. The number of para-hydroxylation sites is 4. The molecule has 0 aliphatic carbocycles. The molecule has 2 aliphatic heterocycles. The summed E-state index contributed by atoms with van der Waals surface area (Å²) in [6.07, 6.45) is 0. The molecular weight excluding hydrogens is 546 g/mol. The summed E-state index contributed by atoms with van der Waals surface area (Å²) in [6.45, 7) is 11.8. The minimum atomic E-state index is 0.627. The number of nitrogens with zero attached hydrogens (tertiary/aromatic N) is 2. The number of ether oxygens (including phenoxy) is 2. The van der Waals surface area contributed by atoms with Crippen molar-refractivity contribution < 1.29 is 9.47 Å². The third kappa shape index (κ3) is 10.2. The summed E-state index contributed by atoms with van der Waals surface area (Å²) >= 11 is 1.56. The Kier molecular flexibility index (Phi) is 14.9. The van der Waals surface area contributed by atoms with Gasteiger partial charge in [-0.15, -0.1) is 0 Å². The molecule has 4 aromatic rings. The maximum atomic E-state index is 5.85. The molecule has 2 heterocycles. The third-order valence-electron chi connectivity index (χ3n) is 6.86. The number of hydrogen-bond acceptors (Lipinski definition) is 4. The molecule has 6 rings (SSSR count). The van der Waals surface area contributed by atoms with Crippen molar-refractivity contribution in [3.8, 4) is 11.5 Å². The molecule has 0 atom stereocenters. The van der Waals surface area contributed by atoms with Gasteiger partial charge in [-0.1, -0.05) is 72.8 Å². The predicted molar refractivity (Wildman–Crippen MR) is 183 cm³/mol. The second kappa shape index (κ2) is 18.6. The standard InChI is InChI=1S/2C15H15NO.2C2H5.2CH3.2Al/c2*1-12-6-5-7-13-10-16(11-17-15(12)13)14-8-3-2-4-9-14;2*1-2;;;;/h2*2-9H,10-11H2,1H3;2*1H2,2H3;2*1H3;;/q;;;;;;2*+1. The molecule has 216 valence electrons. The summed E-state index contributed by atoms with van der Waals surface area (Å²) in [5.41, 5.74) is 7.38. The van der Waals surface area contributed by atoms with Crippen LogP contribution in [0.5, 0.6) is 11.5 Å². The Balaban J connectivity index is 0.000000185. The Labute approximate surface area is 267 Å². The molecule has 4 aromatic carbocycles. The van der Waals surface area contributed by atoms with Gasteiger partial charge in [-0.3, -0.25) is 0 Å². The van der Waals surface area contributed by atoms with Crippen LogP contribution in [-0.2, 0) is 13.1 Å². The van der Waals surface area contributed by atoms with E-state index in [0.29, 0.717) is 13.5 Å². The van der Waals surface area contributed by atoms with E-state index in [1.54, 1.807) is 0 Å². The number of benzene rings is 4. The third-order valence-corrected chi connectivity index (χ3v) is 8.01. The summed E-state index contributed by atoms with van der Waals surface area (Å²) in [6, 6.07) is 33.4. The van der Waals surface area contributed by atoms with Gasteiger partial charge in [0.05, 0.1) is 0 Å². The van der Waals surface area contributed by atoms with Gasteiger partial charge in [0.1, 0.15) is 11.5 Å². The van der Waals surface area contributed by atoms with E-state index in [2.05, 4.69) is 134 Å². The van der Waals surface area contributed by atoms with Crippen molar-refractivity contribution in [2.45, 2.75) is 62.9 Å². The zero-order valence-electron chi connectivity index (χ0n) is 26.3. The van der Waals surface area contributed by atoms with Crippen LogP contribution in [0.1, 0.15) is 36.1 Å². The SMILES string of the molecule is C[CH2][Al+][CH2]C.Cc1cccc2c1OCN(c1ccccc1)C2.Cc1cccc2c1OCN(c1ccccc1)C2.[CH3][Al+][CH3]. The molecule has 42 heavy (non-hydrogen) atoms. The van der Waals surface area contributed by atoms with E-state index in [1.165, 1.54) is 44.2 Å². The number of anilines is 2. The summed E-state index contributed by atoms with van der Waals surface area (Å²) in [4.78, 5) is 4.48. The van der Waals surface area contributed by atoms with Crippen LogP contribution in [0.15, 0.2) is 97.1 Å². The zero-order chi connectivity index (χ0) is 30.2. The van der Waals surface area contributed by atoms with Crippen molar-refractivity contribution in [2.24, 2.45) is 0 Å². The first-order chi connectivity index (χ1) is 20.5.